The number of piperidine rings is 1. The molecule has 0 aliphatic carbocycles. The summed E-state index contributed by atoms with van der Waals surface area (Å²) in [6.45, 7) is 9.19. The van der Waals surface area contributed by atoms with Crippen molar-refractivity contribution in [2.24, 2.45) is 0 Å². The number of hydrogen-bond acceptors (Lipinski definition) is 5. The van der Waals surface area contributed by atoms with Crippen LogP contribution in [0, 0.1) is 0 Å². The minimum absolute atomic E-state index is 0.00929. The fourth-order valence-electron chi connectivity index (χ4n) is 4.73. The maximum atomic E-state index is 12.9. The van der Waals surface area contributed by atoms with Gasteiger partial charge in [-0.1, -0.05) is 6.58 Å². The van der Waals surface area contributed by atoms with Gasteiger partial charge in [0.2, 0.25) is 5.91 Å². The van der Waals surface area contributed by atoms with Gasteiger partial charge in [0, 0.05) is 62.5 Å². The zero-order valence-electron chi connectivity index (χ0n) is 17.8. The summed E-state index contributed by atoms with van der Waals surface area (Å²) in [7, 11) is 0. The molecule has 0 aromatic heterocycles. The van der Waals surface area contributed by atoms with Crippen LogP contribution in [0.2, 0.25) is 0 Å². The number of anilines is 1. The first-order valence-electron chi connectivity index (χ1n) is 11.0. The highest BCUT2D eigenvalue weighted by molar-refractivity contribution is 5.99. The van der Waals surface area contributed by atoms with Crippen molar-refractivity contribution in [3.8, 4) is 0 Å². The van der Waals surface area contributed by atoms with E-state index in [0.717, 1.165) is 62.4 Å². The van der Waals surface area contributed by atoms with Crippen molar-refractivity contribution in [2.45, 2.75) is 44.7 Å². The number of hydrogen-bond donors (Lipinski definition) is 2. The summed E-state index contributed by atoms with van der Waals surface area (Å²) in [6, 6.07) is 5.93. The normalized spacial score (nSPS) is 21.9. The van der Waals surface area contributed by atoms with Crippen molar-refractivity contribution >= 4 is 23.5 Å². The first-order valence-corrected chi connectivity index (χ1v) is 11.0. The Labute approximate surface area is 182 Å². The average molecular weight is 427 g/mol. The van der Waals surface area contributed by atoms with E-state index >= 15 is 0 Å². The van der Waals surface area contributed by atoms with Crippen LogP contribution in [0.1, 0.15) is 48.0 Å². The van der Waals surface area contributed by atoms with Gasteiger partial charge in [-0.25, -0.2) is 0 Å². The van der Waals surface area contributed by atoms with E-state index < -0.39 is 5.97 Å². The molecule has 8 nitrogen and oxygen atoms in total. The second-order valence-electron chi connectivity index (χ2n) is 8.58. The maximum Gasteiger partial charge on any atom is 0.303 e. The standard InChI is InChI=1S/C23H30N4O4/c1-16-20(7-8-21(28)24-16)27-15-17-14-18(5-6-19(17)23(27)31)26-12-10-25(11-13-26)9-3-2-4-22(29)30/h5-6,14,20H,1-4,7-13,15H2,(H,24,28)(H,29,30)/t20-/m0/s1. The lowest BCUT2D eigenvalue weighted by Crippen LogP contribution is -2.46. The van der Waals surface area contributed by atoms with E-state index in [4.69, 9.17) is 5.11 Å². The molecule has 166 valence electrons. The van der Waals surface area contributed by atoms with Gasteiger partial charge in [0.25, 0.3) is 5.91 Å². The molecule has 4 rings (SSSR count). The van der Waals surface area contributed by atoms with E-state index in [2.05, 4.69) is 27.8 Å². The predicted octanol–water partition coefficient (Wildman–Crippen LogP) is 1.81. The first kappa shape index (κ1) is 21.4. The highest BCUT2D eigenvalue weighted by Crippen LogP contribution is 2.32. The molecule has 2 amide bonds. The number of nitrogens with zero attached hydrogens (tertiary/aromatic N) is 3. The van der Waals surface area contributed by atoms with Crippen LogP contribution in [0.3, 0.4) is 0 Å². The molecule has 3 heterocycles. The Morgan fingerprint density at radius 2 is 1.94 bits per heavy atom. The second-order valence-corrected chi connectivity index (χ2v) is 8.58. The van der Waals surface area contributed by atoms with Gasteiger partial charge in [0.15, 0.2) is 0 Å². The number of carboxylic acid groups (broad SMARTS) is 1. The quantitative estimate of drug-likeness (QED) is 0.646. The van der Waals surface area contributed by atoms with Crippen molar-refractivity contribution in [3.63, 3.8) is 0 Å². The summed E-state index contributed by atoms with van der Waals surface area (Å²) in [5, 5.41) is 11.5. The number of amides is 2. The smallest absolute Gasteiger partial charge is 0.303 e. The van der Waals surface area contributed by atoms with E-state index in [9.17, 15) is 14.4 Å². The number of unbranched alkanes of at least 4 members (excludes halogenated alkanes) is 1. The third-order valence-electron chi connectivity index (χ3n) is 6.50. The molecule has 0 bridgehead atoms. The van der Waals surface area contributed by atoms with Crippen LogP contribution in [0.5, 0.6) is 0 Å². The number of nitrogens with one attached hydrogen (secondary N) is 1. The van der Waals surface area contributed by atoms with E-state index in [0.29, 0.717) is 25.1 Å². The number of carbonyl (C=O) groups is 3. The minimum atomic E-state index is -0.726. The highest BCUT2D eigenvalue weighted by Gasteiger charge is 2.36. The van der Waals surface area contributed by atoms with E-state index in [1.54, 1.807) is 0 Å². The van der Waals surface area contributed by atoms with Crippen LogP contribution in [0.15, 0.2) is 30.5 Å². The Morgan fingerprint density at radius 1 is 1.16 bits per heavy atom. The number of carboxylic acids is 1. The van der Waals surface area contributed by atoms with Gasteiger partial charge in [-0.15, -0.1) is 0 Å². The molecule has 3 aliphatic rings. The summed E-state index contributed by atoms with van der Waals surface area (Å²) >= 11 is 0. The Bertz CT molecular complexity index is 892. The highest BCUT2D eigenvalue weighted by atomic mass is 16.4. The number of carbonyl (C=O) groups excluding carboxylic acids is 2. The van der Waals surface area contributed by atoms with Crippen molar-refractivity contribution < 1.29 is 19.5 Å². The SMILES string of the molecule is C=C1NC(=O)CC[C@@H]1N1Cc2cc(N3CCN(CCCCC(=O)O)CC3)ccc2C1=O. The molecule has 1 atom stereocenters. The molecule has 2 N–H and O–H groups in total. The van der Waals surface area contributed by atoms with Gasteiger partial charge in [-0.2, -0.15) is 0 Å². The van der Waals surface area contributed by atoms with Gasteiger partial charge >= 0.3 is 5.97 Å². The Balaban J connectivity index is 1.33. The largest absolute Gasteiger partial charge is 0.481 e. The number of benzene rings is 1. The van der Waals surface area contributed by atoms with Crippen molar-refractivity contribution in [3.05, 3.63) is 41.6 Å². The van der Waals surface area contributed by atoms with Gasteiger partial charge in [0.05, 0.1) is 6.04 Å². The molecular formula is C23H30N4O4. The van der Waals surface area contributed by atoms with Gasteiger partial charge < -0.3 is 20.2 Å². The monoisotopic (exact) mass is 426 g/mol. The molecule has 31 heavy (non-hydrogen) atoms. The van der Waals surface area contributed by atoms with Crippen LogP contribution in [-0.2, 0) is 16.1 Å². The molecule has 0 unspecified atom stereocenters. The van der Waals surface area contributed by atoms with E-state index in [1.165, 1.54) is 0 Å². The van der Waals surface area contributed by atoms with Crippen LogP contribution >= 0.6 is 0 Å². The molecule has 3 aliphatic heterocycles. The van der Waals surface area contributed by atoms with Crippen molar-refractivity contribution in [2.75, 3.05) is 37.6 Å². The van der Waals surface area contributed by atoms with E-state index in [1.807, 2.05) is 17.0 Å². The second kappa shape index (κ2) is 9.09. The Hall–Kier alpha value is -2.87. The number of aliphatic carboxylic acids is 1. The zero-order valence-corrected chi connectivity index (χ0v) is 17.8. The summed E-state index contributed by atoms with van der Waals surface area (Å²) in [4.78, 5) is 41.7. The van der Waals surface area contributed by atoms with Crippen LogP contribution in [0.4, 0.5) is 5.69 Å². The van der Waals surface area contributed by atoms with Crippen LogP contribution < -0.4 is 10.2 Å². The third kappa shape index (κ3) is 4.74. The lowest BCUT2D eigenvalue weighted by atomic mass is 10.0. The molecule has 2 saturated heterocycles. The fourth-order valence-corrected chi connectivity index (χ4v) is 4.73. The molecule has 1 aromatic carbocycles. The fraction of sp³-hybridized carbons (Fsp3) is 0.522. The lowest BCUT2D eigenvalue weighted by Gasteiger charge is -2.36. The van der Waals surface area contributed by atoms with Gasteiger partial charge in [0.1, 0.15) is 0 Å². The summed E-state index contributed by atoms with van der Waals surface area (Å²) in [6.07, 6.45) is 2.91. The van der Waals surface area contributed by atoms with Crippen molar-refractivity contribution in [1.29, 1.82) is 0 Å². The molecule has 0 saturated carbocycles. The summed E-state index contributed by atoms with van der Waals surface area (Å²) < 4.78 is 0. The molecule has 2 fully saturated rings. The van der Waals surface area contributed by atoms with E-state index in [-0.39, 0.29) is 24.3 Å². The number of fused-ring (bicyclic) bond motifs is 1. The molecule has 8 heteroatoms. The predicted molar refractivity (Wildman–Crippen MR) is 117 cm³/mol. The number of piperazine rings is 1. The number of rotatable bonds is 7. The first-order chi connectivity index (χ1) is 14.9. The van der Waals surface area contributed by atoms with Gasteiger partial charge in [-0.3, -0.25) is 19.3 Å². The van der Waals surface area contributed by atoms with Crippen molar-refractivity contribution in [1.82, 2.24) is 15.1 Å². The molecule has 1 aromatic rings. The topological polar surface area (TPSA) is 93.2 Å². The van der Waals surface area contributed by atoms with Crippen LogP contribution in [0.25, 0.3) is 0 Å². The third-order valence-corrected chi connectivity index (χ3v) is 6.50. The maximum absolute atomic E-state index is 12.9. The van der Waals surface area contributed by atoms with Gasteiger partial charge in [-0.05, 0) is 49.6 Å². The molecule has 0 radical (unpaired) electrons. The molecule has 0 spiro atoms. The zero-order chi connectivity index (χ0) is 22.0. The molecular weight excluding hydrogens is 396 g/mol. The average Bonchev–Trinajstić information content (AvgIpc) is 3.07. The minimum Gasteiger partial charge on any atom is -0.481 e. The van der Waals surface area contributed by atoms with Crippen LogP contribution in [-0.4, -0.2) is 71.5 Å². The summed E-state index contributed by atoms with van der Waals surface area (Å²) in [5.74, 6) is -0.750. The Morgan fingerprint density at radius 3 is 2.65 bits per heavy atom. The Kier molecular flexibility index (Phi) is 6.27. The lowest BCUT2D eigenvalue weighted by molar-refractivity contribution is -0.137. The summed E-state index contributed by atoms with van der Waals surface area (Å²) in [5.41, 5.74) is 3.51.